The minimum Gasteiger partial charge on any atom is -0.462 e. The topological polar surface area (TPSA) is 70.3 Å². The Morgan fingerprint density at radius 3 is 2.15 bits per heavy atom. The maximum Gasteiger partial charge on any atom is 0.339 e. The molecule has 0 atom stereocenters. The summed E-state index contributed by atoms with van der Waals surface area (Å²) < 4.78 is 7.96. The number of esters is 1. The molecule has 0 saturated carbocycles. The molecule has 0 N–H and O–H groups in total. The van der Waals surface area contributed by atoms with Gasteiger partial charge in [-0.3, -0.25) is 9.59 Å². The highest BCUT2D eigenvalue weighted by molar-refractivity contribution is 9.10. The smallest absolute Gasteiger partial charge is 0.339 e. The number of fused-ring (bicyclic) bond motifs is 1. The first-order valence-electron chi connectivity index (χ1n) is 5.94. The van der Waals surface area contributed by atoms with Gasteiger partial charge in [0.1, 0.15) is 0 Å². The third-order valence-corrected chi connectivity index (χ3v) is 3.73. The number of hydrogen-bond donors (Lipinski definition) is 0. The number of rotatable bonds is 2. The van der Waals surface area contributed by atoms with Crippen LogP contribution in [-0.2, 0) is 18.8 Å². The molecule has 0 bridgehead atoms. The lowest BCUT2D eigenvalue weighted by atomic mass is 10.2. The normalized spacial score (nSPS) is 10.8. The van der Waals surface area contributed by atoms with E-state index in [0.29, 0.717) is 21.1 Å². The largest absolute Gasteiger partial charge is 0.462 e. The van der Waals surface area contributed by atoms with Crippen molar-refractivity contribution < 1.29 is 9.53 Å². The van der Waals surface area contributed by atoms with Gasteiger partial charge in [0.2, 0.25) is 0 Å². The number of nitrogens with zero attached hydrogens (tertiary/aromatic N) is 2. The molecule has 6 nitrogen and oxygen atoms in total. The summed E-state index contributed by atoms with van der Waals surface area (Å²) in [4.78, 5) is 35.4. The fraction of sp³-hybridized carbons (Fsp3) is 0.308. The number of halogens is 1. The standard InChI is InChI=1S/C13H13BrN2O4/c1-4-20-13(19)7-5-9-10(6-8(7)14)16(3)12(18)11(17)15(9)2/h5-6H,4H2,1-3H3. The Kier molecular flexibility index (Phi) is 3.80. The quantitative estimate of drug-likeness (QED) is 0.608. The van der Waals surface area contributed by atoms with Crippen LogP contribution < -0.4 is 11.1 Å². The first-order valence-corrected chi connectivity index (χ1v) is 6.74. The molecule has 1 aromatic heterocycles. The van der Waals surface area contributed by atoms with E-state index in [9.17, 15) is 14.4 Å². The van der Waals surface area contributed by atoms with E-state index >= 15 is 0 Å². The molecule has 1 aromatic carbocycles. The number of benzene rings is 1. The Morgan fingerprint density at radius 2 is 1.65 bits per heavy atom. The first-order chi connectivity index (χ1) is 9.38. The zero-order chi connectivity index (χ0) is 15.0. The number of hydrogen-bond acceptors (Lipinski definition) is 4. The van der Waals surface area contributed by atoms with Crippen LogP contribution in [0.4, 0.5) is 0 Å². The second kappa shape index (κ2) is 5.24. The molecule has 0 spiro atoms. The molecule has 0 saturated heterocycles. The van der Waals surface area contributed by atoms with E-state index in [1.54, 1.807) is 13.0 Å². The SMILES string of the molecule is CCOC(=O)c1cc2c(cc1Br)n(C)c(=O)c(=O)n2C. The number of ether oxygens (including phenoxy) is 1. The summed E-state index contributed by atoms with van der Waals surface area (Å²) in [5, 5.41) is 0. The van der Waals surface area contributed by atoms with Gasteiger partial charge in [0.05, 0.1) is 23.2 Å². The molecule has 0 fully saturated rings. The second-order valence-electron chi connectivity index (χ2n) is 4.27. The lowest BCUT2D eigenvalue weighted by molar-refractivity contribution is 0.0525. The lowest BCUT2D eigenvalue weighted by Crippen LogP contribution is -2.39. The molecule has 0 amide bonds. The van der Waals surface area contributed by atoms with Gasteiger partial charge in [-0.1, -0.05) is 0 Å². The zero-order valence-corrected chi connectivity index (χ0v) is 12.9. The van der Waals surface area contributed by atoms with Crippen molar-refractivity contribution in [2.45, 2.75) is 6.92 Å². The molecule has 0 aliphatic heterocycles. The summed E-state index contributed by atoms with van der Waals surface area (Å²) in [6.07, 6.45) is 0. The molecule has 2 aromatic rings. The minimum atomic E-state index is -0.642. The fourth-order valence-electron chi connectivity index (χ4n) is 1.96. The van der Waals surface area contributed by atoms with Crippen LogP contribution >= 0.6 is 15.9 Å². The zero-order valence-electron chi connectivity index (χ0n) is 11.3. The summed E-state index contributed by atoms with van der Waals surface area (Å²) in [6.45, 7) is 1.97. The van der Waals surface area contributed by atoms with Crippen LogP contribution in [0.3, 0.4) is 0 Å². The van der Waals surface area contributed by atoms with Crippen molar-refractivity contribution >= 4 is 32.9 Å². The maximum absolute atomic E-state index is 11.8. The van der Waals surface area contributed by atoms with Gasteiger partial charge in [0, 0.05) is 18.6 Å². The van der Waals surface area contributed by atoms with Crippen molar-refractivity contribution in [1.82, 2.24) is 9.13 Å². The van der Waals surface area contributed by atoms with Crippen molar-refractivity contribution in [1.29, 1.82) is 0 Å². The van der Waals surface area contributed by atoms with Gasteiger partial charge in [-0.2, -0.15) is 0 Å². The highest BCUT2D eigenvalue weighted by Gasteiger charge is 2.16. The fourth-order valence-corrected chi connectivity index (χ4v) is 2.45. The van der Waals surface area contributed by atoms with Crippen LogP contribution in [0.5, 0.6) is 0 Å². The predicted octanol–water partition coefficient (Wildman–Crippen LogP) is 1.18. The van der Waals surface area contributed by atoms with Crippen molar-refractivity contribution in [3.63, 3.8) is 0 Å². The first kappa shape index (κ1) is 14.5. The van der Waals surface area contributed by atoms with Crippen molar-refractivity contribution in [3.8, 4) is 0 Å². The van der Waals surface area contributed by atoms with E-state index in [4.69, 9.17) is 4.74 Å². The molecule has 20 heavy (non-hydrogen) atoms. The van der Waals surface area contributed by atoms with Crippen LogP contribution in [0.15, 0.2) is 26.2 Å². The monoisotopic (exact) mass is 340 g/mol. The van der Waals surface area contributed by atoms with E-state index < -0.39 is 17.1 Å². The minimum absolute atomic E-state index is 0.259. The average Bonchev–Trinajstić information content (AvgIpc) is 2.42. The number of aryl methyl sites for hydroxylation is 2. The Morgan fingerprint density at radius 1 is 1.15 bits per heavy atom. The van der Waals surface area contributed by atoms with Crippen LogP contribution in [0.1, 0.15) is 17.3 Å². The van der Waals surface area contributed by atoms with Crippen LogP contribution in [-0.4, -0.2) is 21.7 Å². The Labute approximate surface area is 122 Å². The van der Waals surface area contributed by atoms with Gasteiger partial charge in [-0.05, 0) is 35.0 Å². The van der Waals surface area contributed by atoms with E-state index in [0.717, 1.165) is 0 Å². The Hall–Kier alpha value is -1.89. The van der Waals surface area contributed by atoms with Gasteiger partial charge >= 0.3 is 17.1 Å². The number of carbonyl (C=O) groups is 1. The third-order valence-electron chi connectivity index (χ3n) is 3.07. The highest BCUT2D eigenvalue weighted by atomic mass is 79.9. The van der Waals surface area contributed by atoms with E-state index in [-0.39, 0.29) is 6.61 Å². The van der Waals surface area contributed by atoms with Crippen LogP contribution in [0.25, 0.3) is 11.0 Å². The summed E-state index contributed by atoms with van der Waals surface area (Å²) in [6, 6.07) is 3.17. The second-order valence-corrected chi connectivity index (χ2v) is 5.12. The van der Waals surface area contributed by atoms with E-state index in [1.807, 2.05) is 0 Å². The van der Waals surface area contributed by atoms with E-state index in [1.165, 1.54) is 29.3 Å². The van der Waals surface area contributed by atoms with Gasteiger partial charge in [-0.25, -0.2) is 4.79 Å². The van der Waals surface area contributed by atoms with Gasteiger partial charge in [0.15, 0.2) is 0 Å². The van der Waals surface area contributed by atoms with Gasteiger partial charge in [-0.15, -0.1) is 0 Å². The summed E-state index contributed by atoms with van der Waals surface area (Å²) in [5.74, 6) is -0.484. The molecule has 0 unspecified atom stereocenters. The molecule has 2 rings (SSSR count). The molecular weight excluding hydrogens is 328 g/mol. The van der Waals surface area contributed by atoms with Gasteiger partial charge < -0.3 is 13.9 Å². The summed E-state index contributed by atoms with van der Waals surface area (Å²) in [7, 11) is 3.01. The van der Waals surface area contributed by atoms with Gasteiger partial charge in [0.25, 0.3) is 0 Å². The molecule has 0 radical (unpaired) electrons. The maximum atomic E-state index is 11.8. The van der Waals surface area contributed by atoms with Crippen molar-refractivity contribution in [3.05, 3.63) is 42.9 Å². The van der Waals surface area contributed by atoms with Crippen LogP contribution in [0.2, 0.25) is 0 Å². The van der Waals surface area contributed by atoms with Crippen molar-refractivity contribution in [2.75, 3.05) is 6.61 Å². The third kappa shape index (κ3) is 2.18. The molecule has 0 aliphatic carbocycles. The Bertz CT molecular complexity index is 820. The molecule has 7 heteroatoms. The Balaban J connectivity index is 2.87. The highest BCUT2D eigenvalue weighted by Crippen LogP contribution is 2.23. The number of aromatic nitrogens is 2. The summed E-state index contributed by atoms with van der Waals surface area (Å²) >= 11 is 3.29. The molecule has 0 aliphatic rings. The lowest BCUT2D eigenvalue weighted by Gasteiger charge is -2.11. The average molecular weight is 341 g/mol. The predicted molar refractivity (Wildman–Crippen MR) is 78.1 cm³/mol. The molecular formula is C13H13BrN2O4. The number of carbonyl (C=O) groups excluding carboxylic acids is 1. The molecule has 106 valence electrons. The summed E-state index contributed by atoms with van der Waals surface area (Å²) in [5.41, 5.74) is 0.0984. The van der Waals surface area contributed by atoms with Crippen LogP contribution in [0, 0.1) is 0 Å². The molecule has 1 heterocycles. The van der Waals surface area contributed by atoms with Crippen molar-refractivity contribution in [2.24, 2.45) is 14.1 Å². The van der Waals surface area contributed by atoms with E-state index in [2.05, 4.69) is 15.9 Å².